The van der Waals surface area contributed by atoms with Gasteiger partial charge in [-0.1, -0.05) is 77.4 Å². The molecule has 0 N–H and O–H groups in total. The van der Waals surface area contributed by atoms with Crippen LogP contribution in [0.15, 0.2) is 48.8 Å². The standard InChI is InChI=1S/C29H44N2O/c1-3-5-7-9-11-13-15-17-23-32-28-21-19-27(20-22-28)29-30-24-26(25-31-29)18-16-14-12-10-8-6-4-2/h5,7,19-22,24-25H,3-4,6,8-18,23H2,1-2H3/b7-5-. The highest BCUT2D eigenvalue weighted by Crippen LogP contribution is 2.20. The van der Waals surface area contributed by atoms with Gasteiger partial charge in [-0.05, 0) is 68.4 Å². The van der Waals surface area contributed by atoms with Crippen LogP contribution >= 0.6 is 0 Å². The summed E-state index contributed by atoms with van der Waals surface area (Å²) < 4.78 is 5.89. The molecule has 3 nitrogen and oxygen atoms in total. The fourth-order valence-electron chi connectivity index (χ4n) is 3.81. The summed E-state index contributed by atoms with van der Waals surface area (Å²) in [6, 6.07) is 8.17. The normalized spacial score (nSPS) is 11.3. The molecule has 0 aliphatic heterocycles. The highest BCUT2D eigenvalue weighted by Gasteiger charge is 2.03. The van der Waals surface area contributed by atoms with Crippen LogP contribution in [0.25, 0.3) is 11.4 Å². The van der Waals surface area contributed by atoms with Crippen molar-refractivity contribution >= 4 is 0 Å². The van der Waals surface area contributed by atoms with E-state index < -0.39 is 0 Å². The van der Waals surface area contributed by atoms with Gasteiger partial charge in [-0.25, -0.2) is 9.97 Å². The summed E-state index contributed by atoms with van der Waals surface area (Å²) in [4.78, 5) is 9.17. The average Bonchev–Trinajstić information content (AvgIpc) is 2.83. The van der Waals surface area contributed by atoms with E-state index in [1.807, 2.05) is 24.5 Å². The highest BCUT2D eigenvalue weighted by atomic mass is 16.5. The summed E-state index contributed by atoms with van der Waals surface area (Å²) in [5, 5.41) is 0. The molecule has 0 saturated heterocycles. The van der Waals surface area contributed by atoms with Gasteiger partial charge in [0.2, 0.25) is 0 Å². The molecule has 0 unspecified atom stereocenters. The summed E-state index contributed by atoms with van der Waals surface area (Å²) in [6.07, 6.45) is 26.2. The van der Waals surface area contributed by atoms with E-state index in [2.05, 4.69) is 48.1 Å². The Kier molecular flexibility index (Phi) is 14.2. The molecule has 1 aromatic heterocycles. The summed E-state index contributed by atoms with van der Waals surface area (Å²) in [7, 11) is 0. The number of aryl methyl sites for hydroxylation is 1. The van der Waals surface area contributed by atoms with Crippen molar-refractivity contribution in [1.82, 2.24) is 9.97 Å². The molecule has 0 aliphatic carbocycles. The minimum atomic E-state index is 0.786. The molecule has 0 fully saturated rings. The number of allylic oxidation sites excluding steroid dienone is 2. The largest absolute Gasteiger partial charge is 0.494 e. The van der Waals surface area contributed by atoms with E-state index in [-0.39, 0.29) is 0 Å². The molecule has 2 rings (SSSR count). The molecule has 0 saturated carbocycles. The molecule has 2 aromatic rings. The van der Waals surface area contributed by atoms with Gasteiger partial charge in [0.05, 0.1) is 6.61 Å². The first-order valence-electron chi connectivity index (χ1n) is 13.0. The zero-order valence-corrected chi connectivity index (χ0v) is 20.5. The van der Waals surface area contributed by atoms with Crippen LogP contribution in [0.3, 0.4) is 0 Å². The Balaban J connectivity index is 1.62. The van der Waals surface area contributed by atoms with Crippen molar-refractivity contribution < 1.29 is 4.74 Å². The second-order valence-electron chi connectivity index (χ2n) is 8.74. The Morgan fingerprint density at radius 3 is 2.09 bits per heavy atom. The number of ether oxygens (including phenoxy) is 1. The number of hydrogen-bond donors (Lipinski definition) is 0. The minimum absolute atomic E-state index is 0.786. The molecule has 0 amide bonds. The summed E-state index contributed by atoms with van der Waals surface area (Å²) in [6.45, 7) is 5.23. The first kappa shape index (κ1) is 26.1. The maximum absolute atomic E-state index is 5.89. The summed E-state index contributed by atoms with van der Waals surface area (Å²) in [5.74, 6) is 1.71. The monoisotopic (exact) mass is 436 g/mol. The smallest absolute Gasteiger partial charge is 0.159 e. The molecule has 1 aromatic carbocycles. The maximum Gasteiger partial charge on any atom is 0.159 e. The lowest BCUT2D eigenvalue weighted by Crippen LogP contribution is -1.97. The zero-order chi connectivity index (χ0) is 22.7. The van der Waals surface area contributed by atoms with Gasteiger partial charge in [0.25, 0.3) is 0 Å². The molecular formula is C29H44N2O. The number of aromatic nitrogens is 2. The SMILES string of the molecule is CC/C=C\CCCCCCOc1ccc(-c2ncc(CCCCCCCCC)cn2)cc1. The average molecular weight is 437 g/mol. The third kappa shape index (κ3) is 11.5. The molecular weight excluding hydrogens is 392 g/mol. The summed E-state index contributed by atoms with van der Waals surface area (Å²) >= 11 is 0. The van der Waals surface area contributed by atoms with Gasteiger partial charge in [-0.2, -0.15) is 0 Å². The van der Waals surface area contributed by atoms with Crippen molar-refractivity contribution in [3.63, 3.8) is 0 Å². The minimum Gasteiger partial charge on any atom is -0.494 e. The predicted octanol–water partition coefficient (Wildman–Crippen LogP) is 8.73. The molecule has 0 aliphatic rings. The number of nitrogens with zero attached hydrogens (tertiary/aromatic N) is 2. The lowest BCUT2D eigenvalue weighted by atomic mass is 10.1. The fourth-order valence-corrected chi connectivity index (χ4v) is 3.81. The van der Waals surface area contributed by atoms with E-state index in [0.717, 1.165) is 43.0 Å². The van der Waals surface area contributed by atoms with Crippen molar-refractivity contribution in [2.24, 2.45) is 0 Å². The quantitative estimate of drug-likeness (QED) is 0.173. The number of benzene rings is 1. The highest BCUT2D eigenvalue weighted by molar-refractivity contribution is 5.55. The Hall–Kier alpha value is -2.16. The van der Waals surface area contributed by atoms with Crippen molar-refractivity contribution in [2.45, 2.75) is 104 Å². The maximum atomic E-state index is 5.89. The fraction of sp³-hybridized carbons (Fsp3) is 0.586. The van der Waals surface area contributed by atoms with Gasteiger partial charge in [-0.15, -0.1) is 0 Å². The van der Waals surface area contributed by atoms with Crippen LogP contribution in [0.4, 0.5) is 0 Å². The third-order valence-electron chi connectivity index (χ3n) is 5.82. The van der Waals surface area contributed by atoms with Gasteiger partial charge < -0.3 is 4.74 Å². The number of hydrogen-bond acceptors (Lipinski definition) is 3. The van der Waals surface area contributed by atoms with E-state index in [4.69, 9.17) is 4.74 Å². The Labute approximate surface area is 196 Å². The molecule has 0 atom stereocenters. The van der Waals surface area contributed by atoms with Crippen molar-refractivity contribution in [3.8, 4) is 17.1 Å². The lowest BCUT2D eigenvalue weighted by molar-refractivity contribution is 0.305. The summed E-state index contributed by atoms with van der Waals surface area (Å²) in [5.41, 5.74) is 2.28. The van der Waals surface area contributed by atoms with E-state index in [1.165, 1.54) is 76.2 Å². The van der Waals surface area contributed by atoms with Gasteiger partial charge >= 0.3 is 0 Å². The third-order valence-corrected chi connectivity index (χ3v) is 5.82. The van der Waals surface area contributed by atoms with E-state index >= 15 is 0 Å². The predicted molar refractivity (Wildman–Crippen MR) is 137 cm³/mol. The van der Waals surface area contributed by atoms with Crippen LogP contribution in [0.1, 0.15) is 103 Å². The van der Waals surface area contributed by atoms with E-state index in [9.17, 15) is 0 Å². The van der Waals surface area contributed by atoms with Crippen LogP contribution in [-0.4, -0.2) is 16.6 Å². The molecule has 3 heteroatoms. The van der Waals surface area contributed by atoms with Gasteiger partial charge in [0.15, 0.2) is 5.82 Å². The van der Waals surface area contributed by atoms with Crippen molar-refractivity contribution in [1.29, 1.82) is 0 Å². The molecule has 176 valence electrons. The Morgan fingerprint density at radius 2 is 1.38 bits per heavy atom. The Bertz CT molecular complexity index is 722. The zero-order valence-electron chi connectivity index (χ0n) is 20.5. The van der Waals surface area contributed by atoms with Crippen LogP contribution in [-0.2, 0) is 6.42 Å². The molecule has 0 radical (unpaired) electrons. The first-order chi connectivity index (χ1) is 15.8. The van der Waals surface area contributed by atoms with Gasteiger partial charge in [-0.3, -0.25) is 0 Å². The lowest BCUT2D eigenvalue weighted by Gasteiger charge is -2.07. The molecule has 0 bridgehead atoms. The van der Waals surface area contributed by atoms with Crippen molar-refractivity contribution in [2.75, 3.05) is 6.61 Å². The van der Waals surface area contributed by atoms with Gasteiger partial charge in [0, 0.05) is 18.0 Å². The van der Waals surface area contributed by atoms with Crippen LogP contribution in [0, 0.1) is 0 Å². The number of unbranched alkanes of at least 4 members (excludes halogenated alkanes) is 10. The van der Waals surface area contributed by atoms with E-state index in [0.29, 0.717) is 0 Å². The van der Waals surface area contributed by atoms with Gasteiger partial charge in [0.1, 0.15) is 5.75 Å². The van der Waals surface area contributed by atoms with Crippen LogP contribution < -0.4 is 4.74 Å². The second-order valence-corrected chi connectivity index (χ2v) is 8.74. The second kappa shape index (κ2) is 17.4. The Morgan fingerprint density at radius 1 is 0.719 bits per heavy atom. The molecule has 1 heterocycles. The first-order valence-corrected chi connectivity index (χ1v) is 13.0. The topological polar surface area (TPSA) is 35.0 Å². The van der Waals surface area contributed by atoms with Crippen LogP contribution in [0.5, 0.6) is 5.75 Å². The van der Waals surface area contributed by atoms with Crippen molar-refractivity contribution in [3.05, 3.63) is 54.4 Å². The molecule has 32 heavy (non-hydrogen) atoms. The van der Waals surface area contributed by atoms with E-state index in [1.54, 1.807) is 0 Å². The van der Waals surface area contributed by atoms with Crippen LogP contribution in [0.2, 0.25) is 0 Å². The molecule has 0 spiro atoms. The number of rotatable bonds is 18.